The summed E-state index contributed by atoms with van der Waals surface area (Å²) in [6.07, 6.45) is 2.33. The normalized spacial score (nSPS) is 12.3. The molecule has 0 aromatic carbocycles. The van der Waals surface area contributed by atoms with Gasteiger partial charge in [0.2, 0.25) is 20.0 Å². The molecule has 0 spiro atoms. The molecule has 1 aromatic heterocycles. The van der Waals surface area contributed by atoms with E-state index in [9.17, 15) is 16.8 Å². The Kier molecular flexibility index (Phi) is 4.47. The molecular weight excluding hydrogens is 318 g/mol. The van der Waals surface area contributed by atoms with E-state index in [2.05, 4.69) is 4.98 Å². The molecule has 0 bridgehead atoms. The summed E-state index contributed by atoms with van der Waals surface area (Å²) < 4.78 is 46.3. The minimum Gasteiger partial charge on any atom is -0.423 e. The van der Waals surface area contributed by atoms with Gasteiger partial charge in [-0.25, -0.2) is 21.8 Å². The van der Waals surface area contributed by atoms with Crippen molar-refractivity contribution >= 4 is 49.9 Å². The molecular formula is C7H10BClN2O6S2. The Morgan fingerprint density at radius 1 is 1.21 bits per heavy atom. The number of anilines is 1. The molecule has 106 valence electrons. The number of nitrogens with zero attached hydrogens (tertiary/aromatic N) is 2. The summed E-state index contributed by atoms with van der Waals surface area (Å²) in [7, 11) is -10.3. The van der Waals surface area contributed by atoms with Gasteiger partial charge in [-0.3, -0.25) is 0 Å². The lowest BCUT2D eigenvalue weighted by molar-refractivity contribution is 0.425. The molecule has 1 heterocycles. The topological polar surface area (TPSA) is 125 Å². The van der Waals surface area contributed by atoms with E-state index >= 15 is 0 Å². The van der Waals surface area contributed by atoms with Gasteiger partial charge in [-0.2, -0.15) is 3.71 Å². The van der Waals surface area contributed by atoms with Crippen LogP contribution in [0, 0.1) is 0 Å². The van der Waals surface area contributed by atoms with Crippen LogP contribution in [-0.2, 0) is 20.0 Å². The standard InChI is InChI=1S/C7H10BClN2O6S2/c1-18(14,15)11(19(2,16)17)6-3-5(8(12)13)4-10-7(6)9/h3-4,12-13H,1-2H3. The molecule has 0 unspecified atom stereocenters. The third-order valence-electron chi connectivity index (χ3n) is 1.94. The van der Waals surface area contributed by atoms with Gasteiger partial charge in [-0.15, -0.1) is 0 Å². The van der Waals surface area contributed by atoms with E-state index < -0.39 is 38.0 Å². The molecule has 0 amide bonds. The number of pyridine rings is 1. The Bertz CT molecular complexity index is 658. The highest BCUT2D eigenvalue weighted by atomic mass is 35.5. The van der Waals surface area contributed by atoms with Crippen molar-refractivity contribution < 1.29 is 26.9 Å². The third kappa shape index (κ3) is 3.80. The van der Waals surface area contributed by atoms with Gasteiger partial charge in [0.25, 0.3) is 0 Å². The average Bonchev–Trinajstić information content (AvgIpc) is 2.16. The second-order valence-corrected chi connectivity index (χ2v) is 7.93. The van der Waals surface area contributed by atoms with E-state index in [1.165, 1.54) is 0 Å². The van der Waals surface area contributed by atoms with E-state index in [0.717, 1.165) is 12.3 Å². The highest BCUT2D eigenvalue weighted by Crippen LogP contribution is 2.26. The van der Waals surface area contributed by atoms with E-state index in [1.54, 1.807) is 0 Å². The first-order chi connectivity index (χ1) is 8.44. The Morgan fingerprint density at radius 2 is 1.68 bits per heavy atom. The van der Waals surface area contributed by atoms with Crippen molar-refractivity contribution in [3.05, 3.63) is 17.4 Å². The molecule has 8 nitrogen and oxygen atoms in total. The van der Waals surface area contributed by atoms with Crippen LogP contribution in [0.2, 0.25) is 5.15 Å². The molecule has 0 aliphatic rings. The summed E-state index contributed by atoms with van der Waals surface area (Å²) >= 11 is 5.66. The number of hydrogen-bond donors (Lipinski definition) is 2. The zero-order chi connectivity index (χ0) is 15.0. The maximum absolute atomic E-state index is 11.5. The molecule has 0 aliphatic heterocycles. The fourth-order valence-electron chi connectivity index (χ4n) is 1.32. The summed E-state index contributed by atoms with van der Waals surface area (Å²) in [5.74, 6) is 0. The lowest BCUT2D eigenvalue weighted by Gasteiger charge is -2.20. The van der Waals surface area contributed by atoms with E-state index in [0.29, 0.717) is 12.5 Å². The third-order valence-corrected chi connectivity index (χ3v) is 5.45. The van der Waals surface area contributed by atoms with Crippen LogP contribution in [0.5, 0.6) is 0 Å². The molecule has 0 saturated carbocycles. The minimum absolute atomic E-state index is 0.0706. The molecule has 12 heteroatoms. The van der Waals surface area contributed by atoms with Crippen molar-refractivity contribution in [3.8, 4) is 0 Å². The first-order valence-electron chi connectivity index (χ1n) is 4.66. The Balaban J connectivity index is 3.61. The van der Waals surface area contributed by atoms with Crippen LogP contribution in [0.3, 0.4) is 0 Å². The number of sulfonamides is 2. The van der Waals surface area contributed by atoms with Crippen LogP contribution in [0.25, 0.3) is 0 Å². The number of halogens is 1. The van der Waals surface area contributed by atoms with Crippen LogP contribution in [0.4, 0.5) is 5.69 Å². The van der Waals surface area contributed by atoms with Gasteiger partial charge in [-0.05, 0) is 6.07 Å². The van der Waals surface area contributed by atoms with Gasteiger partial charge in [0, 0.05) is 11.7 Å². The van der Waals surface area contributed by atoms with Gasteiger partial charge < -0.3 is 10.0 Å². The lowest BCUT2D eigenvalue weighted by atomic mass is 9.81. The zero-order valence-electron chi connectivity index (χ0n) is 9.85. The van der Waals surface area contributed by atoms with Crippen LogP contribution in [-0.4, -0.2) is 51.5 Å². The predicted molar refractivity (Wildman–Crippen MR) is 71.2 cm³/mol. The minimum atomic E-state index is -4.18. The van der Waals surface area contributed by atoms with Crippen molar-refractivity contribution in [3.63, 3.8) is 0 Å². The van der Waals surface area contributed by atoms with Gasteiger partial charge in [0.05, 0.1) is 12.5 Å². The van der Waals surface area contributed by atoms with Gasteiger partial charge >= 0.3 is 7.12 Å². The molecule has 0 saturated heterocycles. The maximum atomic E-state index is 11.5. The van der Waals surface area contributed by atoms with Crippen LogP contribution >= 0.6 is 11.6 Å². The quantitative estimate of drug-likeness (QED) is 0.490. The van der Waals surface area contributed by atoms with Crippen molar-refractivity contribution in [1.82, 2.24) is 4.98 Å². The first-order valence-corrected chi connectivity index (χ1v) is 8.74. The second-order valence-electron chi connectivity index (χ2n) is 3.68. The van der Waals surface area contributed by atoms with Crippen LogP contribution in [0.1, 0.15) is 0 Å². The SMILES string of the molecule is CS(=O)(=O)N(c1cc(B(O)O)cnc1Cl)S(C)(=O)=O. The predicted octanol–water partition coefficient (Wildman–Crippen LogP) is -1.86. The Hall–Kier alpha value is -0.875. The average molecular weight is 329 g/mol. The zero-order valence-corrected chi connectivity index (χ0v) is 12.2. The first kappa shape index (κ1) is 16.2. The molecule has 0 fully saturated rings. The Morgan fingerprint density at radius 3 is 2.05 bits per heavy atom. The molecule has 1 aromatic rings. The number of rotatable bonds is 4. The van der Waals surface area contributed by atoms with Gasteiger partial charge in [0.1, 0.15) is 5.69 Å². The number of hydrogen-bond acceptors (Lipinski definition) is 7. The molecule has 2 N–H and O–H groups in total. The highest BCUT2D eigenvalue weighted by Gasteiger charge is 2.30. The van der Waals surface area contributed by atoms with E-state index in [4.69, 9.17) is 21.6 Å². The smallest absolute Gasteiger partial charge is 0.423 e. The molecule has 0 radical (unpaired) electrons. The molecule has 1 rings (SSSR count). The molecule has 19 heavy (non-hydrogen) atoms. The van der Waals surface area contributed by atoms with Crippen LogP contribution < -0.4 is 9.17 Å². The lowest BCUT2D eigenvalue weighted by Crippen LogP contribution is -2.38. The summed E-state index contributed by atoms with van der Waals surface area (Å²) in [6.45, 7) is 0. The largest absolute Gasteiger partial charge is 0.490 e. The Labute approximate surface area is 115 Å². The van der Waals surface area contributed by atoms with Gasteiger partial charge in [-0.1, -0.05) is 11.6 Å². The van der Waals surface area contributed by atoms with Gasteiger partial charge in [0.15, 0.2) is 5.15 Å². The fourth-order valence-corrected chi connectivity index (χ4v) is 4.57. The summed E-state index contributed by atoms with van der Waals surface area (Å²) in [5.41, 5.74) is -0.672. The highest BCUT2D eigenvalue weighted by molar-refractivity contribution is 8.09. The van der Waals surface area contributed by atoms with Crippen molar-refractivity contribution in [2.75, 3.05) is 16.2 Å². The van der Waals surface area contributed by atoms with Crippen LogP contribution in [0.15, 0.2) is 12.3 Å². The van der Waals surface area contributed by atoms with Crippen molar-refractivity contribution in [2.24, 2.45) is 0 Å². The summed E-state index contributed by atoms with van der Waals surface area (Å²) in [6, 6.07) is 0.919. The summed E-state index contributed by atoms with van der Waals surface area (Å²) in [4.78, 5) is 3.52. The van der Waals surface area contributed by atoms with E-state index in [1.807, 2.05) is 0 Å². The summed E-state index contributed by atoms with van der Waals surface area (Å²) in [5, 5.41) is 17.6. The monoisotopic (exact) mass is 328 g/mol. The number of aromatic nitrogens is 1. The molecule has 0 aliphatic carbocycles. The van der Waals surface area contributed by atoms with E-state index in [-0.39, 0.29) is 9.17 Å². The maximum Gasteiger partial charge on any atom is 0.490 e. The van der Waals surface area contributed by atoms with Crippen molar-refractivity contribution in [2.45, 2.75) is 0 Å². The fraction of sp³-hybridized carbons (Fsp3) is 0.286. The second kappa shape index (κ2) is 5.25. The molecule has 0 atom stereocenters. The van der Waals surface area contributed by atoms with Crippen molar-refractivity contribution in [1.29, 1.82) is 0 Å².